The van der Waals surface area contributed by atoms with Gasteiger partial charge >= 0.3 is 0 Å². The molecule has 8 aliphatic carbocycles. The Morgan fingerprint density at radius 2 is 1.00 bits per heavy atom. The topological polar surface area (TPSA) is 30.2 Å². The number of hydrogen-bond acceptors (Lipinski definition) is 2. The highest BCUT2D eigenvalue weighted by atomic mass is 15.0. The average Bonchev–Trinajstić information content (AvgIpc) is 3.93. The summed E-state index contributed by atoms with van der Waals surface area (Å²) in [6.07, 6.45) is 18.8. The van der Waals surface area contributed by atoms with Crippen LogP contribution in [0.4, 0.5) is 0 Å². The van der Waals surface area contributed by atoms with E-state index in [0.717, 1.165) is 23.7 Å². The fraction of sp³-hybridized carbons (Fsp3) is 0.569. The second-order valence-corrected chi connectivity index (χ2v) is 21.7. The van der Waals surface area contributed by atoms with Gasteiger partial charge in [0.1, 0.15) is 0 Å². The summed E-state index contributed by atoms with van der Waals surface area (Å²) in [5.41, 5.74) is 19.2. The van der Waals surface area contributed by atoms with Gasteiger partial charge in [0.05, 0.1) is 28.9 Å². The second kappa shape index (κ2) is 9.55. The van der Waals surface area contributed by atoms with E-state index in [0.29, 0.717) is 52.3 Å². The van der Waals surface area contributed by atoms with Crippen LogP contribution in [0.3, 0.4) is 0 Å². The van der Waals surface area contributed by atoms with E-state index >= 15 is 0 Å². The first-order valence-electron chi connectivity index (χ1n) is 22.4. The number of nitrogens with zero attached hydrogens (tertiary/aromatic N) is 3. The quantitative estimate of drug-likeness (QED) is 0.182. The first-order chi connectivity index (χ1) is 26.1. The minimum atomic E-state index is 0.448. The van der Waals surface area contributed by atoms with Gasteiger partial charge in [-0.3, -0.25) is 9.97 Å². The lowest BCUT2D eigenvalue weighted by Gasteiger charge is -2.48. The van der Waals surface area contributed by atoms with E-state index < -0.39 is 0 Å². The van der Waals surface area contributed by atoms with Crippen molar-refractivity contribution in [1.29, 1.82) is 0 Å². The van der Waals surface area contributed by atoms with Crippen LogP contribution < -0.4 is 0 Å². The Morgan fingerprint density at radius 3 is 1.44 bits per heavy atom. The van der Waals surface area contributed by atoms with Gasteiger partial charge in [0.25, 0.3) is 0 Å². The Morgan fingerprint density at radius 1 is 0.556 bits per heavy atom. The van der Waals surface area contributed by atoms with Gasteiger partial charge in [0.15, 0.2) is 0 Å². The monoisotopic (exact) mass is 709 g/mol. The summed E-state index contributed by atoms with van der Waals surface area (Å²) < 4.78 is 2.69. The molecule has 6 saturated carbocycles. The normalized spacial score (nSPS) is 36.2. The predicted octanol–water partition coefficient (Wildman–Crippen LogP) is 13.4. The molecule has 0 aliphatic heterocycles. The molecule has 14 rings (SSSR count). The molecular weight excluding hydrogens is 655 g/mol. The van der Waals surface area contributed by atoms with Crippen LogP contribution >= 0.6 is 0 Å². The van der Waals surface area contributed by atoms with Crippen molar-refractivity contribution in [1.82, 2.24) is 14.4 Å². The Hall–Kier alpha value is -3.46. The van der Waals surface area contributed by atoms with Crippen LogP contribution in [-0.2, 0) is 0 Å². The Balaban J connectivity index is 1.14. The van der Waals surface area contributed by atoms with Crippen LogP contribution in [0, 0.1) is 34.5 Å². The van der Waals surface area contributed by atoms with Crippen LogP contribution in [0.15, 0.2) is 36.7 Å². The van der Waals surface area contributed by atoms with E-state index in [1.165, 1.54) is 131 Å². The van der Waals surface area contributed by atoms with E-state index in [1.807, 2.05) is 0 Å². The molecule has 6 bridgehead atoms. The fourth-order valence-electron chi connectivity index (χ4n) is 16.7. The Labute approximate surface area is 320 Å². The summed E-state index contributed by atoms with van der Waals surface area (Å²) in [6.45, 7) is 14.4. The molecule has 0 N–H and O–H groups in total. The van der Waals surface area contributed by atoms with Crippen LogP contribution in [0.1, 0.15) is 186 Å². The lowest BCUT2D eigenvalue weighted by molar-refractivity contribution is 0.00321. The largest absolute Gasteiger partial charge is 0.305 e. The van der Waals surface area contributed by atoms with Crippen molar-refractivity contribution >= 4 is 38.1 Å². The number of rotatable bonds is 4. The van der Waals surface area contributed by atoms with Crippen molar-refractivity contribution in [3.8, 4) is 11.1 Å². The summed E-state index contributed by atoms with van der Waals surface area (Å²) in [6, 6.07) is 10.5. The first kappa shape index (κ1) is 30.7. The third kappa shape index (κ3) is 3.29. The molecule has 10 unspecified atom stereocenters. The number of aromatic nitrogens is 3. The molecule has 274 valence electrons. The van der Waals surface area contributed by atoms with E-state index in [4.69, 9.17) is 9.97 Å². The number of fused-ring (bicyclic) bond motifs is 18. The highest BCUT2D eigenvalue weighted by Crippen LogP contribution is 2.77. The summed E-state index contributed by atoms with van der Waals surface area (Å²) in [7, 11) is 0. The van der Waals surface area contributed by atoms with Gasteiger partial charge in [-0.25, -0.2) is 0 Å². The van der Waals surface area contributed by atoms with Gasteiger partial charge in [0, 0.05) is 44.8 Å². The maximum atomic E-state index is 5.58. The summed E-state index contributed by atoms with van der Waals surface area (Å²) >= 11 is 0. The maximum Gasteiger partial charge on any atom is 0.0728 e. The van der Waals surface area contributed by atoms with Crippen LogP contribution in [0.5, 0.6) is 0 Å². The van der Waals surface area contributed by atoms with E-state index in [9.17, 15) is 0 Å². The first-order valence-corrected chi connectivity index (χ1v) is 22.4. The molecule has 3 nitrogen and oxygen atoms in total. The van der Waals surface area contributed by atoms with Crippen molar-refractivity contribution in [2.24, 2.45) is 34.5 Å². The van der Waals surface area contributed by atoms with Crippen molar-refractivity contribution in [2.45, 2.75) is 147 Å². The molecule has 4 aromatic heterocycles. The fourth-order valence-corrected chi connectivity index (χ4v) is 16.7. The predicted molar refractivity (Wildman–Crippen MR) is 220 cm³/mol. The molecule has 6 aromatic rings. The molecular formula is C51H55N3. The third-order valence-electron chi connectivity index (χ3n) is 18.8. The zero-order chi connectivity index (χ0) is 35.9. The smallest absolute Gasteiger partial charge is 0.0728 e. The lowest BCUT2D eigenvalue weighted by atomic mass is 9.56. The second-order valence-electron chi connectivity index (χ2n) is 21.7. The van der Waals surface area contributed by atoms with Gasteiger partial charge in [-0.1, -0.05) is 53.7 Å². The van der Waals surface area contributed by atoms with Crippen molar-refractivity contribution in [3.63, 3.8) is 0 Å². The summed E-state index contributed by atoms with van der Waals surface area (Å²) in [5, 5.41) is 6.12. The van der Waals surface area contributed by atoms with E-state index in [2.05, 4.69) is 82.6 Å². The van der Waals surface area contributed by atoms with Gasteiger partial charge < -0.3 is 4.40 Å². The molecule has 54 heavy (non-hydrogen) atoms. The zero-order valence-electron chi connectivity index (χ0n) is 33.2. The summed E-state index contributed by atoms with van der Waals surface area (Å²) in [4.78, 5) is 11.2. The van der Waals surface area contributed by atoms with Crippen LogP contribution in [0.25, 0.3) is 49.2 Å². The Bertz CT molecular complexity index is 2520. The Kier molecular flexibility index (Phi) is 5.43. The molecule has 2 aromatic carbocycles. The van der Waals surface area contributed by atoms with Crippen molar-refractivity contribution < 1.29 is 0 Å². The zero-order valence-corrected chi connectivity index (χ0v) is 33.2. The minimum Gasteiger partial charge on any atom is -0.305 e. The van der Waals surface area contributed by atoms with Gasteiger partial charge in [-0.15, -0.1) is 0 Å². The molecule has 4 heterocycles. The third-order valence-corrected chi connectivity index (χ3v) is 18.8. The van der Waals surface area contributed by atoms with Gasteiger partial charge in [-0.2, -0.15) is 0 Å². The highest BCUT2D eigenvalue weighted by Gasteiger charge is 2.67. The number of benzene rings is 2. The molecule has 10 atom stereocenters. The van der Waals surface area contributed by atoms with Crippen molar-refractivity contribution in [2.75, 3.05) is 0 Å². The average molecular weight is 710 g/mol. The molecule has 3 heteroatoms. The summed E-state index contributed by atoms with van der Waals surface area (Å²) in [5.74, 6) is 7.85. The molecule has 2 spiro atoms. The lowest BCUT2D eigenvalue weighted by Crippen LogP contribution is -2.41. The van der Waals surface area contributed by atoms with E-state index in [1.54, 1.807) is 21.9 Å². The molecule has 8 aliphatic rings. The highest BCUT2D eigenvalue weighted by molar-refractivity contribution is 6.26. The molecule has 0 radical (unpaired) electrons. The molecule has 6 fully saturated rings. The minimum absolute atomic E-state index is 0.448. The van der Waals surface area contributed by atoms with Crippen LogP contribution in [-0.4, -0.2) is 14.4 Å². The number of pyridine rings is 2. The maximum absolute atomic E-state index is 5.58. The molecule has 0 amide bonds. The van der Waals surface area contributed by atoms with Gasteiger partial charge in [0.2, 0.25) is 0 Å². The van der Waals surface area contributed by atoms with Crippen molar-refractivity contribution in [3.05, 3.63) is 75.9 Å². The van der Waals surface area contributed by atoms with Gasteiger partial charge in [-0.05, 0) is 179 Å². The SMILES string of the molecule is CC(C)c1cc(C(C)C)c(-c2cc3c4c5c(ncc4n4c6cnc7c(c6c(c2)c34)C2CC3CC4CC7CC43C2)C2CC3CC4CC5CC34C2)c(C(C)C)c1. The van der Waals surface area contributed by atoms with E-state index in [-0.39, 0.29) is 0 Å². The molecule has 0 saturated heterocycles. The van der Waals surface area contributed by atoms with Crippen LogP contribution in [0.2, 0.25) is 0 Å². The standard InChI is InChI=1S/C51H55N3/c1-23(2)26-11-36(24(3)4)42(37(12-26)25(5)6)27-13-38-45-40(21-52-47-30-9-34-15-32-7-28(43(45)47)17-50(32,34)19-30)54-41-22-53-48-31-10-35-16-33-8-29(18-51(33,35)20-31)44(48)46(41)39(14-27)49(38)54/h11-14,21-25,28-35H,7-10,15-20H2,1-6H3. The number of hydrogen-bond donors (Lipinski definition) is 0.